The Morgan fingerprint density at radius 2 is 1.94 bits per heavy atom. The van der Waals surface area contributed by atoms with Crippen LogP contribution in [0, 0.1) is 16.1 Å². The van der Waals surface area contributed by atoms with E-state index >= 15 is 0 Å². The highest BCUT2D eigenvalue weighted by atomic mass is 32.2. The summed E-state index contributed by atoms with van der Waals surface area (Å²) in [6, 6.07) is 2.34. The minimum atomic E-state index is -4.96. The van der Waals surface area contributed by atoms with Gasteiger partial charge in [0.05, 0.1) is 21.3 Å². The molecule has 2 aromatic heterocycles. The smallest absolute Gasteiger partial charge is 0.320 e. The van der Waals surface area contributed by atoms with E-state index in [4.69, 9.17) is 4.78 Å². The van der Waals surface area contributed by atoms with Crippen LogP contribution in [-0.4, -0.2) is 37.3 Å². The average Bonchev–Trinajstić information content (AvgIpc) is 3.58. The molecule has 2 aliphatic carbocycles. The summed E-state index contributed by atoms with van der Waals surface area (Å²) in [5.74, 6) is -3.43. The molecule has 0 aromatic carbocycles. The number of alkyl halides is 6. The molecule has 3 unspecified atom stereocenters. The van der Waals surface area contributed by atoms with Gasteiger partial charge in [-0.05, 0) is 36.8 Å². The van der Waals surface area contributed by atoms with Crippen molar-refractivity contribution in [1.82, 2.24) is 14.8 Å². The van der Waals surface area contributed by atoms with Crippen LogP contribution in [0.25, 0.3) is 0 Å². The van der Waals surface area contributed by atoms with Crippen molar-refractivity contribution in [3.8, 4) is 0 Å². The number of halogens is 6. The molecule has 0 spiro atoms. The monoisotopic (exact) mass is 509 g/mol. The third kappa shape index (κ3) is 4.77. The summed E-state index contributed by atoms with van der Waals surface area (Å²) in [5.41, 5.74) is -3.91. The summed E-state index contributed by atoms with van der Waals surface area (Å²) in [7, 11) is -3.27. The molecule has 2 N–H and O–H groups in total. The summed E-state index contributed by atoms with van der Waals surface area (Å²) in [5, 5.41) is 6.07. The van der Waals surface area contributed by atoms with E-state index in [0.717, 1.165) is 23.2 Å². The van der Waals surface area contributed by atoms with Gasteiger partial charge in [-0.1, -0.05) is 6.92 Å². The van der Waals surface area contributed by atoms with Crippen LogP contribution in [0.1, 0.15) is 53.8 Å². The Labute approximate surface area is 190 Å². The van der Waals surface area contributed by atoms with Crippen LogP contribution >= 0.6 is 0 Å². The number of aromatic nitrogens is 3. The molecular formula is C20H21F6N5O2S. The molecule has 14 heteroatoms. The number of anilines is 1. The Balaban J connectivity index is 1.75. The lowest BCUT2D eigenvalue weighted by molar-refractivity contribution is -0.156. The van der Waals surface area contributed by atoms with Crippen LogP contribution in [-0.2, 0) is 22.5 Å². The van der Waals surface area contributed by atoms with E-state index in [9.17, 15) is 35.3 Å². The van der Waals surface area contributed by atoms with E-state index in [1.807, 2.05) is 0 Å². The number of hydrogen-bond donors (Lipinski definition) is 2. The number of hydrogen-bond acceptors (Lipinski definition) is 5. The van der Waals surface area contributed by atoms with Gasteiger partial charge in [-0.25, -0.2) is 14.0 Å². The zero-order chi connectivity index (χ0) is 25.3. The molecular weight excluding hydrogens is 488 g/mol. The van der Waals surface area contributed by atoms with Crippen LogP contribution in [0.5, 0.6) is 0 Å². The number of rotatable bonds is 6. The zero-order valence-electron chi connectivity index (χ0n) is 18.0. The second-order valence-electron chi connectivity index (χ2n) is 9.17. The number of pyridine rings is 1. The topological polar surface area (TPSA) is 101 Å². The van der Waals surface area contributed by atoms with E-state index in [-0.39, 0.29) is 22.8 Å². The zero-order valence-corrected chi connectivity index (χ0v) is 18.9. The first-order chi connectivity index (χ1) is 15.5. The van der Waals surface area contributed by atoms with Gasteiger partial charge in [0.1, 0.15) is 16.3 Å². The molecule has 2 saturated carbocycles. The Bertz CT molecular complexity index is 1250. The van der Waals surface area contributed by atoms with Crippen LogP contribution in [0.3, 0.4) is 0 Å². The Kier molecular flexibility index (Phi) is 5.53. The molecule has 0 radical (unpaired) electrons. The van der Waals surface area contributed by atoms with Crippen molar-refractivity contribution in [3.63, 3.8) is 0 Å². The van der Waals surface area contributed by atoms with Gasteiger partial charge in [-0.2, -0.15) is 31.4 Å². The van der Waals surface area contributed by atoms with Crippen LogP contribution in [0.15, 0.2) is 23.4 Å². The van der Waals surface area contributed by atoms with Crippen LogP contribution in [0.4, 0.5) is 32.0 Å². The first kappa shape index (κ1) is 24.5. The van der Waals surface area contributed by atoms with Gasteiger partial charge in [0.2, 0.25) is 0 Å². The maximum atomic E-state index is 14.1. The molecule has 3 atom stereocenters. The SMILES string of the molecule is CC1(Cn2nc(C3CC3)c(C(F)(F)F)c2C(=O)Nc2ccnc(S(C)(=N)=O)c2)CC1C(F)(F)F. The summed E-state index contributed by atoms with van der Waals surface area (Å²) in [6.45, 7) is 0.798. The second kappa shape index (κ2) is 7.68. The Hall–Kier alpha value is -2.64. The van der Waals surface area contributed by atoms with Crippen molar-refractivity contribution in [3.05, 3.63) is 35.3 Å². The summed E-state index contributed by atoms with van der Waals surface area (Å²) >= 11 is 0. The number of carbonyl (C=O) groups is 1. The van der Waals surface area contributed by atoms with Gasteiger partial charge in [0.25, 0.3) is 5.91 Å². The maximum absolute atomic E-state index is 14.1. The molecule has 1 amide bonds. The largest absolute Gasteiger partial charge is 0.420 e. The lowest BCUT2D eigenvalue weighted by atomic mass is 10.1. The average molecular weight is 509 g/mol. The van der Waals surface area contributed by atoms with Crippen molar-refractivity contribution in [1.29, 1.82) is 4.78 Å². The van der Waals surface area contributed by atoms with E-state index in [0.29, 0.717) is 12.8 Å². The fourth-order valence-corrected chi connectivity index (χ4v) is 4.69. The molecule has 2 fully saturated rings. The minimum absolute atomic E-state index is 0.0588. The van der Waals surface area contributed by atoms with Crippen LogP contribution < -0.4 is 5.32 Å². The highest BCUT2D eigenvalue weighted by Gasteiger charge is 2.64. The highest BCUT2D eigenvalue weighted by Crippen LogP contribution is 2.61. The van der Waals surface area contributed by atoms with E-state index in [1.165, 1.54) is 13.0 Å². The number of carbonyl (C=O) groups excluding carboxylic acids is 1. The molecule has 186 valence electrons. The normalized spacial score (nSPS) is 24.5. The Morgan fingerprint density at radius 3 is 2.44 bits per heavy atom. The van der Waals surface area contributed by atoms with Crippen molar-refractivity contribution < 1.29 is 35.3 Å². The predicted molar refractivity (Wildman–Crippen MR) is 109 cm³/mol. The third-order valence-electron chi connectivity index (χ3n) is 6.09. The maximum Gasteiger partial charge on any atom is 0.420 e. The molecule has 34 heavy (non-hydrogen) atoms. The molecule has 2 aromatic rings. The second-order valence-corrected chi connectivity index (χ2v) is 11.3. The molecule has 7 nitrogen and oxygen atoms in total. The van der Waals surface area contributed by atoms with Gasteiger partial charge < -0.3 is 5.32 Å². The van der Waals surface area contributed by atoms with Gasteiger partial charge in [0.15, 0.2) is 0 Å². The lowest BCUT2D eigenvalue weighted by Gasteiger charge is -2.17. The first-order valence-electron chi connectivity index (χ1n) is 10.3. The lowest BCUT2D eigenvalue weighted by Crippen LogP contribution is -2.26. The number of nitrogens with zero attached hydrogens (tertiary/aromatic N) is 3. The molecule has 0 aliphatic heterocycles. The van der Waals surface area contributed by atoms with Crippen molar-refractivity contribution in [2.24, 2.45) is 11.3 Å². The molecule has 4 rings (SSSR count). The summed E-state index contributed by atoms with van der Waals surface area (Å²) < 4.78 is 102. The van der Waals surface area contributed by atoms with E-state index < -0.39 is 63.0 Å². The molecule has 2 aliphatic rings. The fraction of sp³-hybridized carbons (Fsp3) is 0.550. The first-order valence-corrected chi connectivity index (χ1v) is 12.2. The van der Waals surface area contributed by atoms with Gasteiger partial charge in [0, 0.05) is 30.6 Å². The third-order valence-corrected chi connectivity index (χ3v) is 7.11. The van der Waals surface area contributed by atoms with Crippen molar-refractivity contribution in [2.45, 2.75) is 56.0 Å². The van der Waals surface area contributed by atoms with Crippen molar-refractivity contribution in [2.75, 3.05) is 11.6 Å². The number of nitrogens with one attached hydrogen (secondary N) is 2. The van der Waals surface area contributed by atoms with Gasteiger partial charge in [-0.3, -0.25) is 9.48 Å². The van der Waals surface area contributed by atoms with Gasteiger partial charge >= 0.3 is 12.4 Å². The fourth-order valence-electron chi connectivity index (χ4n) is 4.07. The predicted octanol–water partition coefficient (Wildman–Crippen LogP) is 5.05. The summed E-state index contributed by atoms with van der Waals surface area (Å²) in [4.78, 5) is 16.8. The number of amides is 1. The van der Waals surface area contributed by atoms with Crippen LogP contribution in [0.2, 0.25) is 0 Å². The summed E-state index contributed by atoms with van der Waals surface area (Å²) in [6.07, 6.45) is -6.64. The minimum Gasteiger partial charge on any atom is -0.320 e. The molecule has 0 saturated heterocycles. The highest BCUT2D eigenvalue weighted by molar-refractivity contribution is 7.91. The standard InChI is InChI=1S/C20H21F6N5O2S/c1-18(8-12(18)19(21,22)23)9-31-16(14(20(24,25)26)15(30-31)10-3-4-10)17(32)29-11-5-6-28-13(7-11)34(2,27)33/h5-7,10,12,27H,3-4,8-9H2,1-2H3,(H,28,29,32). The quantitative estimate of drug-likeness (QED) is 0.532. The van der Waals surface area contributed by atoms with E-state index in [2.05, 4.69) is 15.4 Å². The van der Waals surface area contributed by atoms with Crippen molar-refractivity contribution >= 4 is 21.3 Å². The van der Waals surface area contributed by atoms with E-state index in [1.54, 1.807) is 0 Å². The molecule has 0 bridgehead atoms. The Morgan fingerprint density at radius 1 is 1.29 bits per heavy atom. The van der Waals surface area contributed by atoms with Gasteiger partial charge in [-0.15, -0.1) is 0 Å². The molecule has 2 heterocycles.